The molecule has 16 heavy (non-hydrogen) atoms. The second-order valence-corrected chi connectivity index (χ2v) is 3.69. The van der Waals surface area contributed by atoms with Crippen molar-refractivity contribution in [2.45, 2.75) is 6.54 Å². The zero-order valence-corrected chi connectivity index (χ0v) is 8.98. The zero-order valence-electron chi connectivity index (χ0n) is 8.98. The Balaban J connectivity index is 2.20. The van der Waals surface area contributed by atoms with E-state index in [1.807, 2.05) is 18.0 Å². The van der Waals surface area contributed by atoms with Gasteiger partial charge in [-0.15, -0.1) is 0 Å². The predicted molar refractivity (Wildman–Crippen MR) is 61.6 cm³/mol. The average molecular weight is 220 g/mol. The van der Waals surface area contributed by atoms with Crippen LogP contribution >= 0.6 is 0 Å². The van der Waals surface area contributed by atoms with Crippen molar-refractivity contribution in [3.05, 3.63) is 48.2 Å². The topological polar surface area (TPSA) is 42.4 Å². The van der Waals surface area contributed by atoms with Crippen molar-refractivity contribution >= 4 is 11.4 Å². The highest BCUT2D eigenvalue weighted by Gasteiger charge is 2.07. The first-order chi connectivity index (χ1) is 7.66. The van der Waals surface area contributed by atoms with Crippen LogP contribution in [0, 0.1) is 5.82 Å². The summed E-state index contributed by atoms with van der Waals surface area (Å²) in [6.45, 7) is 0.629. The van der Waals surface area contributed by atoms with Gasteiger partial charge in [0, 0.05) is 19.2 Å². The molecule has 84 valence electrons. The molecule has 0 spiro atoms. The third kappa shape index (κ3) is 2.16. The van der Waals surface area contributed by atoms with E-state index in [1.54, 1.807) is 18.6 Å². The summed E-state index contributed by atoms with van der Waals surface area (Å²) in [4.78, 5) is 1.88. The van der Waals surface area contributed by atoms with E-state index in [4.69, 9.17) is 10.2 Å². The van der Waals surface area contributed by atoms with Crippen LogP contribution in [0.3, 0.4) is 0 Å². The van der Waals surface area contributed by atoms with Crippen molar-refractivity contribution in [2.24, 2.45) is 0 Å². The number of anilines is 2. The van der Waals surface area contributed by atoms with Crippen molar-refractivity contribution in [1.82, 2.24) is 0 Å². The molecule has 4 heteroatoms. The molecule has 0 saturated heterocycles. The van der Waals surface area contributed by atoms with Gasteiger partial charge in [0.2, 0.25) is 0 Å². The van der Waals surface area contributed by atoms with Crippen LogP contribution in [-0.4, -0.2) is 7.05 Å². The molecule has 0 bridgehead atoms. The molecule has 0 aliphatic heterocycles. The van der Waals surface area contributed by atoms with Crippen molar-refractivity contribution < 1.29 is 8.81 Å². The molecule has 1 heterocycles. The van der Waals surface area contributed by atoms with Gasteiger partial charge < -0.3 is 15.1 Å². The molecule has 2 aromatic rings. The quantitative estimate of drug-likeness (QED) is 0.808. The first-order valence-electron chi connectivity index (χ1n) is 4.94. The molecule has 1 aromatic heterocycles. The van der Waals surface area contributed by atoms with Gasteiger partial charge in [0.25, 0.3) is 0 Å². The number of halogens is 1. The van der Waals surface area contributed by atoms with E-state index in [0.29, 0.717) is 17.9 Å². The Morgan fingerprint density at radius 1 is 1.38 bits per heavy atom. The Hall–Kier alpha value is -1.97. The minimum atomic E-state index is -0.289. The summed E-state index contributed by atoms with van der Waals surface area (Å²) < 4.78 is 18.1. The third-order valence-corrected chi connectivity index (χ3v) is 2.40. The van der Waals surface area contributed by atoms with E-state index in [0.717, 1.165) is 5.56 Å². The van der Waals surface area contributed by atoms with Crippen LogP contribution in [0.4, 0.5) is 15.8 Å². The first-order valence-corrected chi connectivity index (χ1v) is 4.94. The monoisotopic (exact) mass is 220 g/mol. The standard InChI is InChI=1S/C12H13FN2O/c1-15(7-9-4-5-16-8-9)12-6-10(13)2-3-11(12)14/h2-6,8H,7,14H2,1H3. The smallest absolute Gasteiger partial charge is 0.125 e. The molecule has 3 nitrogen and oxygen atoms in total. The zero-order chi connectivity index (χ0) is 11.5. The largest absolute Gasteiger partial charge is 0.472 e. The number of nitrogen functional groups attached to an aromatic ring is 1. The van der Waals surface area contributed by atoms with Crippen LogP contribution in [-0.2, 0) is 6.54 Å². The third-order valence-electron chi connectivity index (χ3n) is 2.40. The number of hydrogen-bond donors (Lipinski definition) is 1. The maximum atomic E-state index is 13.1. The van der Waals surface area contributed by atoms with Gasteiger partial charge in [0.1, 0.15) is 5.82 Å². The molecule has 0 amide bonds. The Labute approximate surface area is 93.3 Å². The SMILES string of the molecule is CN(Cc1ccoc1)c1cc(F)ccc1N. The minimum Gasteiger partial charge on any atom is -0.472 e. The maximum absolute atomic E-state index is 13.1. The number of rotatable bonds is 3. The van der Waals surface area contributed by atoms with Crippen molar-refractivity contribution in [3.63, 3.8) is 0 Å². The van der Waals surface area contributed by atoms with Crippen molar-refractivity contribution in [3.8, 4) is 0 Å². The fraction of sp³-hybridized carbons (Fsp3) is 0.167. The van der Waals surface area contributed by atoms with Gasteiger partial charge in [-0.2, -0.15) is 0 Å². The summed E-state index contributed by atoms with van der Waals surface area (Å²) in [5.41, 5.74) is 8.05. The minimum absolute atomic E-state index is 0.289. The van der Waals surface area contributed by atoms with E-state index in [2.05, 4.69) is 0 Å². The van der Waals surface area contributed by atoms with Gasteiger partial charge in [-0.05, 0) is 24.3 Å². The lowest BCUT2D eigenvalue weighted by molar-refractivity contribution is 0.563. The second kappa shape index (κ2) is 4.26. The van der Waals surface area contributed by atoms with Crippen LogP contribution in [0.2, 0.25) is 0 Å². The Morgan fingerprint density at radius 2 is 2.19 bits per heavy atom. The summed E-state index contributed by atoms with van der Waals surface area (Å²) >= 11 is 0. The number of furan rings is 1. The molecule has 1 aromatic carbocycles. The lowest BCUT2D eigenvalue weighted by atomic mass is 10.2. The highest BCUT2D eigenvalue weighted by Crippen LogP contribution is 2.24. The lowest BCUT2D eigenvalue weighted by Gasteiger charge is -2.20. The molecule has 0 radical (unpaired) electrons. The number of nitrogens with zero attached hydrogens (tertiary/aromatic N) is 1. The summed E-state index contributed by atoms with van der Waals surface area (Å²) in [7, 11) is 1.86. The summed E-state index contributed by atoms with van der Waals surface area (Å²) in [5, 5.41) is 0. The summed E-state index contributed by atoms with van der Waals surface area (Å²) in [6.07, 6.45) is 3.27. The Bertz CT molecular complexity index is 468. The van der Waals surface area contributed by atoms with Crippen molar-refractivity contribution in [1.29, 1.82) is 0 Å². The second-order valence-electron chi connectivity index (χ2n) is 3.69. The van der Waals surface area contributed by atoms with Gasteiger partial charge in [-0.25, -0.2) is 4.39 Å². The molecule has 0 saturated carbocycles. The molecule has 0 fully saturated rings. The fourth-order valence-electron chi connectivity index (χ4n) is 1.59. The number of hydrogen-bond acceptors (Lipinski definition) is 3. The van der Waals surface area contributed by atoms with Gasteiger partial charge in [-0.1, -0.05) is 0 Å². The van der Waals surface area contributed by atoms with Gasteiger partial charge in [0.15, 0.2) is 0 Å². The maximum Gasteiger partial charge on any atom is 0.125 e. The van der Waals surface area contributed by atoms with E-state index >= 15 is 0 Å². The predicted octanol–water partition coefficient (Wildman–Crippen LogP) is 2.64. The summed E-state index contributed by atoms with van der Waals surface area (Å²) in [5.74, 6) is -0.289. The summed E-state index contributed by atoms with van der Waals surface area (Å²) in [6, 6.07) is 6.21. The van der Waals surface area contributed by atoms with Crippen molar-refractivity contribution in [2.75, 3.05) is 17.7 Å². The van der Waals surface area contributed by atoms with Gasteiger partial charge >= 0.3 is 0 Å². The molecule has 0 aliphatic carbocycles. The highest BCUT2D eigenvalue weighted by molar-refractivity contribution is 5.67. The fourth-order valence-corrected chi connectivity index (χ4v) is 1.59. The molecule has 0 unspecified atom stereocenters. The molecule has 0 atom stereocenters. The molecular weight excluding hydrogens is 207 g/mol. The van der Waals surface area contributed by atoms with Crippen LogP contribution in [0.25, 0.3) is 0 Å². The van der Waals surface area contributed by atoms with Gasteiger partial charge in [0.05, 0.1) is 23.9 Å². The first kappa shape index (κ1) is 10.5. The Morgan fingerprint density at radius 3 is 2.88 bits per heavy atom. The van der Waals surface area contributed by atoms with E-state index in [9.17, 15) is 4.39 Å². The van der Waals surface area contributed by atoms with Crippen LogP contribution < -0.4 is 10.6 Å². The molecule has 2 N–H and O–H groups in total. The molecular formula is C12H13FN2O. The number of benzene rings is 1. The normalized spacial score (nSPS) is 10.4. The lowest BCUT2D eigenvalue weighted by Crippen LogP contribution is -2.17. The molecule has 0 aliphatic rings. The van der Waals surface area contributed by atoms with Gasteiger partial charge in [-0.3, -0.25) is 0 Å². The molecule has 2 rings (SSSR count). The Kier molecular flexibility index (Phi) is 2.81. The van der Waals surface area contributed by atoms with E-state index in [-0.39, 0.29) is 5.82 Å². The van der Waals surface area contributed by atoms with E-state index in [1.165, 1.54) is 12.1 Å². The number of nitrogens with two attached hydrogens (primary N) is 1. The average Bonchev–Trinajstić information content (AvgIpc) is 2.74. The van der Waals surface area contributed by atoms with Crippen LogP contribution in [0.1, 0.15) is 5.56 Å². The van der Waals surface area contributed by atoms with Crippen LogP contribution in [0.5, 0.6) is 0 Å². The highest BCUT2D eigenvalue weighted by atomic mass is 19.1. The van der Waals surface area contributed by atoms with Crippen LogP contribution in [0.15, 0.2) is 41.2 Å². The van der Waals surface area contributed by atoms with E-state index < -0.39 is 0 Å².